The van der Waals surface area contributed by atoms with Gasteiger partial charge in [-0.05, 0) is 67.1 Å². The second-order valence-corrected chi connectivity index (χ2v) is 6.46. The van der Waals surface area contributed by atoms with Crippen LogP contribution in [0, 0.1) is 6.92 Å². The van der Waals surface area contributed by atoms with Crippen molar-refractivity contribution in [2.45, 2.75) is 26.2 Å². The molecule has 0 radical (unpaired) electrons. The molecule has 1 saturated heterocycles. The Hall–Kier alpha value is -2.00. The van der Waals surface area contributed by atoms with Crippen molar-refractivity contribution in [2.24, 2.45) is 0 Å². The highest BCUT2D eigenvalue weighted by molar-refractivity contribution is 6.32. The van der Waals surface area contributed by atoms with Crippen molar-refractivity contribution < 1.29 is 9.90 Å². The summed E-state index contributed by atoms with van der Waals surface area (Å²) in [6.07, 6.45) is 3.40. The number of halogens is 1. The summed E-state index contributed by atoms with van der Waals surface area (Å²) in [6.45, 7) is 3.64. The number of phenolic OH excluding ortho intramolecular Hbond substituents is 1. The van der Waals surface area contributed by atoms with Crippen LogP contribution in [-0.4, -0.2) is 29.0 Å². The Morgan fingerprint density at radius 1 is 1.09 bits per heavy atom. The fourth-order valence-corrected chi connectivity index (χ4v) is 3.21. The third kappa shape index (κ3) is 3.35. The number of rotatable bonds is 2. The van der Waals surface area contributed by atoms with Gasteiger partial charge < -0.3 is 10.0 Å². The molecule has 0 bridgehead atoms. The van der Waals surface area contributed by atoms with E-state index >= 15 is 0 Å². The molecule has 0 aliphatic carbocycles. The Balaban J connectivity index is 1.84. The standard InChI is InChI=1S/C19H20ClNO2/c1-13-11-18(22)17(20)12-16(13)14-5-7-15(8-6-14)19(23)21-9-3-2-4-10-21/h5-8,11-12,22H,2-4,9-10H2,1H3. The first-order chi connectivity index (χ1) is 11.1. The van der Waals surface area contributed by atoms with Crippen molar-refractivity contribution in [1.29, 1.82) is 0 Å². The molecule has 0 atom stereocenters. The minimum atomic E-state index is 0.0878. The Morgan fingerprint density at radius 3 is 2.39 bits per heavy atom. The summed E-state index contributed by atoms with van der Waals surface area (Å²) in [5.74, 6) is 0.196. The maximum Gasteiger partial charge on any atom is 0.253 e. The molecule has 0 spiro atoms. The summed E-state index contributed by atoms with van der Waals surface area (Å²) in [6, 6.07) is 11.0. The van der Waals surface area contributed by atoms with E-state index in [1.807, 2.05) is 36.1 Å². The topological polar surface area (TPSA) is 40.5 Å². The number of likely N-dealkylation sites (tertiary alicyclic amines) is 1. The molecule has 1 heterocycles. The van der Waals surface area contributed by atoms with Crippen LogP contribution in [0.4, 0.5) is 0 Å². The normalized spacial score (nSPS) is 14.8. The number of piperidine rings is 1. The molecule has 1 fully saturated rings. The number of amides is 1. The second kappa shape index (κ2) is 6.63. The zero-order valence-corrected chi connectivity index (χ0v) is 13.9. The Bertz CT molecular complexity index is 719. The predicted octanol–water partition coefficient (Wildman–Crippen LogP) is 4.65. The SMILES string of the molecule is Cc1cc(O)c(Cl)cc1-c1ccc(C(=O)N2CCCCC2)cc1. The lowest BCUT2D eigenvalue weighted by Gasteiger charge is -2.26. The van der Waals surface area contributed by atoms with Crippen LogP contribution in [0.15, 0.2) is 36.4 Å². The van der Waals surface area contributed by atoms with E-state index in [2.05, 4.69) is 0 Å². The average molecular weight is 330 g/mol. The summed E-state index contributed by atoms with van der Waals surface area (Å²) in [5, 5.41) is 9.98. The first kappa shape index (κ1) is 15.9. The van der Waals surface area contributed by atoms with Gasteiger partial charge in [0.1, 0.15) is 5.75 Å². The minimum absolute atomic E-state index is 0.0878. The van der Waals surface area contributed by atoms with Gasteiger partial charge in [-0.2, -0.15) is 0 Å². The molecule has 23 heavy (non-hydrogen) atoms. The molecule has 1 amide bonds. The largest absolute Gasteiger partial charge is 0.506 e. The third-order valence-corrected chi connectivity index (χ3v) is 4.68. The van der Waals surface area contributed by atoms with Gasteiger partial charge in [0.2, 0.25) is 0 Å². The van der Waals surface area contributed by atoms with Gasteiger partial charge in [0, 0.05) is 18.7 Å². The monoisotopic (exact) mass is 329 g/mol. The van der Waals surface area contributed by atoms with Gasteiger partial charge in [-0.15, -0.1) is 0 Å². The number of benzene rings is 2. The van der Waals surface area contributed by atoms with E-state index in [1.165, 1.54) is 6.42 Å². The van der Waals surface area contributed by atoms with Gasteiger partial charge in [-0.1, -0.05) is 23.7 Å². The summed E-state index contributed by atoms with van der Waals surface area (Å²) >= 11 is 6.01. The highest BCUT2D eigenvalue weighted by atomic mass is 35.5. The quantitative estimate of drug-likeness (QED) is 0.871. The zero-order valence-electron chi connectivity index (χ0n) is 13.2. The number of hydrogen-bond donors (Lipinski definition) is 1. The predicted molar refractivity (Wildman–Crippen MR) is 93.0 cm³/mol. The van der Waals surface area contributed by atoms with Crippen LogP contribution in [0.25, 0.3) is 11.1 Å². The van der Waals surface area contributed by atoms with Crippen molar-refractivity contribution >= 4 is 17.5 Å². The fourth-order valence-electron chi connectivity index (χ4n) is 3.05. The lowest BCUT2D eigenvalue weighted by Crippen LogP contribution is -2.35. The molecule has 4 heteroatoms. The molecular formula is C19H20ClNO2. The molecule has 0 saturated carbocycles. The molecule has 1 aliphatic rings. The fraction of sp³-hybridized carbons (Fsp3) is 0.316. The molecule has 1 N–H and O–H groups in total. The molecule has 2 aromatic carbocycles. The molecule has 2 aromatic rings. The highest BCUT2D eigenvalue weighted by Gasteiger charge is 2.18. The number of phenols is 1. The lowest BCUT2D eigenvalue weighted by molar-refractivity contribution is 0.0724. The van der Waals surface area contributed by atoms with Crippen molar-refractivity contribution in [2.75, 3.05) is 13.1 Å². The summed E-state index contributed by atoms with van der Waals surface area (Å²) < 4.78 is 0. The molecular weight excluding hydrogens is 310 g/mol. The molecule has 1 aliphatic heterocycles. The van der Waals surface area contributed by atoms with E-state index in [4.69, 9.17) is 11.6 Å². The maximum atomic E-state index is 12.5. The molecule has 0 aromatic heterocycles. The number of carbonyl (C=O) groups is 1. The zero-order chi connectivity index (χ0) is 16.4. The van der Waals surface area contributed by atoms with Crippen molar-refractivity contribution in [3.8, 4) is 16.9 Å². The van der Waals surface area contributed by atoms with Gasteiger partial charge in [-0.25, -0.2) is 0 Å². The Kier molecular flexibility index (Phi) is 4.58. The molecule has 3 rings (SSSR count). The Labute approximate surface area is 141 Å². The highest BCUT2D eigenvalue weighted by Crippen LogP contribution is 2.33. The van der Waals surface area contributed by atoms with E-state index in [1.54, 1.807) is 12.1 Å². The van der Waals surface area contributed by atoms with Gasteiger partial charge >= 0.3 is 0 Å². The summed E-state index contributed by atoms with van der Waals surface area (Å²) in [5.41, 5.74) is 3.62. The van der Waals surface area contributed by atoms with Gasteiger partial charge in [0.05, 0.1) is 5.02 Å². The Morgan fingerprint density at radius 2 is 1.74 bits per heavy atom. The van der Waals surface area contributed by atoms with Crippen molar-refractivity contribution in [1.82, 2.24) is 4.90 Å². The van der Waals surface area contributed by atoms with Gasteiger partial charge in [-0.3, -0.25) is 4.79 Å². The summed E-state index contributed by atoms with van der Waals surface area (Å²) in [7, 11) is 0. The minimum Gasteiger partial charge on any atom is -0.506 e. The van der Waals surface area contributed by atoms with Gasteiger partial charge in [0.15, 0.2) is 0 Å². The summed E-state index contributed by atoms with van der Waals surface area (Å²) in [4.78, 5) is 14.4. The third-order valence-electron chi connectivity index (χ3n) is 4.38. The molecule has 120 valence electrons. The average Bonchev–Trinajstić information content (AvgIpc) is 2.58. The van der Waals surface area contributed by atoms with Crippen LogP contribution < -0.4 is 0 Å². The van der Waals surface area contributed by atoms with Crippen LogP contribution in [0.2, 0.25) is 5.02 Å². The first-order valence-electron chi connectivity index (χ1n) is 7.95. The van der Waals surface area contributed by atoms with Crippen LogP contribution in [0.5, 0.6) is 5.75 Å². The smallest absolute Gasteiger partial charge is 0.253 e. The van der Waals surface area contributed by atoms with E-state index < -0.39 is 0 Å². The van der Waals surface area contributed by atoms with E-state index in [0.29, 0.717) is 5.02 Å². The number of nitrogens with zero attached hydrogens (tertiary/aromatic N) is 1. The van der Waals surface area contributed by atoms with Crippen LogP contribution in [-0.2, 0) is 0 Å². The number of hydrogen-bond acceptors (Lipinski definition) is 2. The second-order valence-electron chi connectivity index (χ2n) is 6.05. The van der Waals surface area contributed by atoms with Crippen molar-refractivity contribution in [3.63, 3.8) is 0 Å². The maximum absolute atomic E-state index is 12.5. The van der Waals surface area contributed by atoms with Crippen LogP contribution >= 0.6 is 11.6 Å². The van der Waals surface area contributed by atoms with Crippen LogP contribution in [0.3, 0.4) is 0 Å². The van der Waals surface area contributed by atoms with E-state index in [-0.39, 0.29) is 11.7 Å². The number of aryl methyl sites for hydroxylation is 1. The van der Waals surface area contributed by atoms with Gasteiger partial charge in [0.25, 0.3) is 5.91 Å². The molecule has 0 unspecified atom stereocenters. The molecule has 3 nitrogen and oxygen atoms in total. The van der Waals surface area contributed by atoms with Crippen molar-refractivity contribution in [3.05, 3.63) is 52.5 Å². The number of aromatic hydroxyl groups is 1. The van der Waals surface area contributed by atoms with E-state index in [9.17, 15) is 9.90 Å². The van der Waals surface area contributed by atoms with E-state index in [0.717, 1.165) is 48.2 Å². The number of carbonyl (C=O) groups excluding carboxylic acids is 1. The van der Waals surface area contributed by atoms with Crippen LogP contribution in [0.1, 0.15) is 35.2 Å². The first-order valence-corrected chi connectivity index (χ1v) is 8.33. The lowest BCUT2D eigenvalue weighted by atomic mass is 9.98.